The minimum absolute atomic E-state index is 0. The molecule has 0 spiro atoms. The van der Waals surface area contributed by atoms with Gasteiger partial charge in [-0.05, 0) is 80.3 Å². The number of benzene rings is 3. The lowest BCUT2D eigenvalue weighted by molar-refractivity contribution is -0.147. The van der Waals surface area contributed by atoms with Crippen LogP contribution < -0.4 is 42.8 Å². The number of carbonyl (C=O) groups is 7. The zero-order valence-corrected chi connectivity index (χ0v) is 51.6. The summed E-state index contributed by atoms with van der Waals surface area (Å²) in [7, 11) is 1.70. The number of phenols is 2. The molecule has 0 unspecified atom stereocenters. The number of unbranched alkanes of at least 4 members (excludes halogenated alkanes) is 4. The van der Waals surface area contributed by atoms with Crippen LogP contribution in [0.4, 0.5) is 0 Å². The Bertz CT molecular complexity index is 3120. The molecule has 17 N–H and O–H groups in total. The molecule has 492 valence electrons. The van der Waals surface area contributed by atoms with E-state index in [1.807, 2.05) is 24.3 Å². The van der Waals surface area contributed by atoms with Crippen molar-refractivity contribution in [2.45, 2.75) is 145 Å². The van der Waals surface area contributed by atoms with Crippen LogP contribution in [-0.4, -0.2) is 228 Å². The molecule has 0 aliphatic carbocycles. The van der Waals surface area contributed by atoms with Gasteiger partial charge >= 0.3 is 0 Å². The van der Waals surface area contributed by atoms with Gasteiger partial charge in [-0.1, -0.05) is 55.7 Å². The van der Waals surface area contributed by atoms with E-state index in [1.54, 1.807) is 19.2 Å². The number of aromatic hydroxyl groups is 2. The molecule has 4 heterocycles. The largest absolute Gasteiger partial charge is 0.504 e. The first-order valence-corrected chi connectivity index (χ1v) is 30.2. The van der Waals surface area contributed by atoms with E-state index in [1.165, 1.54) is 36.5 Å². The SMILES string of the molecule is COCCCCCCCOc1ccc(-c2nnc(-c3ccc(C(=O)N[C@H]4C[C@H](O)CNC(=O)[C@@H]5[C@@H](O)[C@H](C)CN5C(=O)[C@H]([C@H](O)CCN=C(N)N)NC(=O)[C@H]([C@H](O)Cc5ccc(O)c(O)c5)NC(=O)[C@@H]5C[C@H](O)CN5C(=O)[C@H]([C@H](C)O)NC4=O)cc3)s2)cc1.Cl. The van der Waals surface area contributed by atoms with E-state index in [-0.39, 0.29) is 42.6 Å². The fourth-order valence-corrected chi connectivity index (χ4v) is 11.5. The number of nitrogens with zero attached hydrogens (tertiary/aromatic N) is 5. The number of hydrogen-bond donors (Lipinski definition) is 15. The van der Waals surface area contributed by atoms with Crippen molar-refractivity contribution in [1.82, 2.24) is 46.6 Å². The van der Waals surface area contributed by atoms with Gasteiger partial charge in [-0.15, -0.1) is 22.6 Å². The molecule has 0 bridgehead atoms. The van der Waals surface area contributed by atoms with Crippen molar-refractivity contribution >= 4 is 71.1 Å². The van der Waals surface area contributed by atoms with Crippen LogP contribution in [0.5, 0.6) is 17.2 Å². The fraction of sp³-hybridized carbons (Fsp3) is 0.525. The number of amides is 7. The number of nitrogens with one attached hydrogen (secondary N) is 5. The quantitative estimate of drug-likeness (QED) is 0.0191. The van der Waals surface area contributed by atoms with Crippen LogP contribution >= 0.6 is 23.7 Å². The van der Waals surface area contributed by atoms with Gasteiger partial charge in [0.15, 0.2) is 17.5 Å². The highest BCUT2D eigenvalue weighted by molar-refractivity contribution is 7.17. The monoisotopic (exact) mass is 1300 g/mol. The summed E-state index contributed by atoms with van der Waals surface area (Å²) in [5, 5.41) is 111. The third-order valence-electron chi connectivity index (χ3n) is 15.6. The summed E-state index contributed by atoms with van der Waals surface area (Å²) in [6, 6.07) is 5.80. The van der Waals surface area contributed by atoms with Gasteiger partial charge in [0.2, 0.25) is 35.4 Å². The Labute approximate surface area is 529 Å². The zero-order chi connectivity index (χ0) is 64.6. The summed E-state index contributed by atoms with van der Waals surface area (Å²) >= 11 is 1.30. The first-order valence-electron chi connectivity index (χ1n) is 29.4. The molecule has 3 aliphatic heterocycles. The van der Waals surface area contributed by atoms with Gasteiger partial charge in [0.1, 0.15) is 52.0 Å². The van der Waals surface area contributed by atoms with Gasteiger partial charge in [-0.3, -0.25) is 38.6 Å². The van der Waals surface area contributed by atoms with Gasteiger partial charge < -0.3 is 98.2 Å². The molecule has 3 fully saturated rings. The molecule has 0 saturated carbocycles. The van der Waals surface area contributed by atoms with Crippen molar-refractivity contribution in [2.24, 2.45) is 22.4 Å². The predicted octanol–water partition coefficient (Wildman–Crippen LogP) is -1.71. The number of aromatic nitrogens is 2. The molecule has 90 heavy (non-hydrogen) atoms. The maximum Gasteiger partial charge on any atom is 0.251 e. The molecule has 29 nitrogen and oxygen atoms in total. The normalized spacial score (nSPS) is 24.8. The summed E-state index contributed by atoms with van der Waals surface area (Å²) in [6.07, 6.45) is -7.13. The van der Waals surface area contributed by atoms with Gasteiger partial charge in [-0.25, -0.2) is 0 Å². The highest BCUT2D eigenvalue weighted by Gasteiger charge is 2.50. The van der Waals surface area contributed by atoms with Gasteiger partial charge in [0.25, 0.3) is 5.91 Å². The predicted molar refractivity (Wildman–Crippen MR) is 328 cm³/mol. The summed E-state index contributed by atoms with van der Waals surface area (Å²) in [4.78, 5) is 107. The number of aliphatic hydroxyl groups excluding tert-OH is 6. The Kier molecular flexibility index (Phi) is 26.4. The minimum atomic E-state index is -2.10. The Morgan fingerprint density at radius 2 is 1.34 bits per heavy atom. The second-order valence-corrected chi connectivity index (χ2v) is 23.5. The molecule has 1 aromatic heterocycles. The number of aliphatic hydroxyl groups is 6. The molecule has 7 amide bonds. The van der Waals surface area contributed by atoms with Crippen molar-refractivity contribution in [1.29, 1.82) is 0 Å². The summed E-state index contributed by atoms with van der Waals surface area (Å²) in [5.41, 5.74) is 12.5. The Balaban J connectivity index is 0.0000129. The van der Waals surface area contributed by atoms with E-state index in [0.717, 1.165) is 78.9 Å². The van der Waals surface area contributed by atoms with Crippen LogP contribution in [0.2, 0.25) is 0 Å². The molecule has 3 saturated heterocycles. The lowest BCUT2D eigenvalue weighted by Crippen LogP contribution is -2.64. The second-order valence-electron chi connectivity index (χ2n) is 22.5. The first kappa shape index (κ1) is 71.3. The average molecular weight is 1300 g/mol. The average Bonchev–Trinajstić information content (AvgIpc) is 4.29. The number of guanidine groups is 1. The number of rotatable bonds is 21. The summed E-state index contributed by atoms with van der Waals surface area (Å²) in [6.45, 7) is 2.12. The zero-order valence-electron chi connectivity index (χ0n) is 49.9. The topological polar surface area (TPSA) is 457 Å². The Morgan fingerprint density at radius 3 is 1.98 bits per heavy atom. The van der Waals surface area contributed by atoms with Crippen molar-refractivity contribution in [3.8, 4) is 38.4 Å². The molecular weight excluding hydrogens is 1220 g/mol. The lowest BCUT2D eigenvalue weighted by atomic mass is 9.98. The van der Waals surface area contributed by atoms with Crippen LogP contribution in [0.25, 0.3) is 21.1 Å². The lowest BCUT2D eigenvalue weighted by Gasteiger charge is -2.34. The summed E-state index contributed by atoms with van der Waals surface area (Å²) in [5.74, 6) is -9.43. The van der Waals surface area contributed by atoms with Crippen LogP contribution in [0.3, 0.4) is 0 Å². The second kappa shape index (κ2) is 33.3. The fourth-order valence-electron chi connectivity index (χ4n) is 10.7. The van der Waals surface area contributed by atoms with Crippen molar-refractivity contribution < 1.29 is 83.9 Å². The Hall–Kier alpha value is -7.81. The van der Waals surface area contributed by atoms with Gasteiger partial charge in [-0.2, -0.15) is 0 Å². The highest BCUT2D eigenvalue weighted by atomic mass is 35.5. The van der Waals surface area contributed by atoms with E-state index in [4.69, 9.17) is 20.9 Å². The maximum absolute atomic E-state index is 14.8. The smallest absolute Gasteiger partial charge is 0.251 e. The number of methoxy groups -OCH3 is 1. The van der Waals surface area contributed by atoms with Gasteiger partial charge in [0, 0.05) is 81.8 Å². The van der Waals surface area contributed by atoms with Crippen molar-refractivity contribution in [3.05, 3.63) is 77.9 Å². The molecule has 7 rings (SSSR count). The number of ether oxygens (including phenoxy) is 2. The molecule has 3 aromatic carbocycles. The van der Waals surface area contributed by atoms with Crippen molar-refractivity contribution in [2.75, 3.05) is 46.5 Å². The highest BCUT2D eigenvalue weighted by Crippen LogP contribution is 2.32. The molecule has 4 aromatic rings. The first-order chi connectivity index (χ1) is 42.4. The molecule has 13 atom stereocenters. The molecule has 3 aliphatic rings. The van der Waals surface area contributed by atoms with E-state index in [9.17, 15) is 74.4 Å². The van der Waals surface area contributed by atoms with Crippen LogP contribution in [0.1, 0.15) is 81.1 Å². The maximum atomic E-state index is 14.8. The number of β-amino-alcohol motifs (C(OH)–C–C–N with tert-alkyl or cyclic N) is 1. The number of phenolic OH excluding ortho intramolecular Hbond substituents is 2. The number of aliphatic imine (C=N–C) groups is 1. The molecular formula is C59H81ClN12O17S. The third kappa shape index (κ3) is 18.9. The number of fused-ring (bicyclic) bond motifs is 2. The number of halogens is 1. The number of carbonyl (C=O) groups excluding carboxylic acids is 7. The Morgan fingerprint density at radius 1 is 0.733 bits per heavy atom. The van der Waals surface area contributed by atoms with Gasteiger partial charge in [0.05, 0.1) is 43.2 Å². The van der Waals surface area contributed by atoms with E-state index < -0.39 is 170 Å². The molecule has 0 radical (unpaired) electrons. The molecule has 31 heteroatoms. The van der Waals surface area contributed by atoms with E-state index >= 15 is 0 Å². The standard InChI is InChI=1S/C59H80N12O17S.ClH/c1-30-28-71-48(49(30)79)54(84)63-27-36(73)25-39(64-50(80)33-10-12-34(13-11-33)55-68-69-56(89-55)35-14-16-38(17-15-35)88-22-8-6-4-5-7-21-87-3)51(81)65-45(31(2)72)57(85)70-29-37(74)26-40(70)52(82)66-46(44(78)24-32-9-18-41(75)43(77)23-32)53(83)67-47(58(71)86)42(76)19-20-62-59(60)61;/h9-18,23,30-31,36-37,39-40,42,44-49,72-79H,4-8,19-22,24-29H2,1-3H3,(H,63,84)(H,64,80)(H,65,81)(H,66,82)(H,67,83)(H4,60,61,62);1H/t30-,31+,36+,37+,39+,40+,42-,44-,45+,46+,47+,48+,49+;/m1./s1. The summed E-state index contributed by atoms with van der Waals surface area (Å²) < 4.78 is 11.0. The third-order valence-corrected chi connectivity index (χ3v) is 16.7. The van der Waals surface area contributed by atoms with E-state index in [0.29, 0.717) is 22.2 Å². The van der Waals surface area contributed by atoms with Crippen LogP contribution in [0, 0.1) is 5.92 Å². The van der Waals surface area contributed by atoms with Crippen LogP contribution in [-0.2, 0) is 39.9 Å². The van der Waals surface area contributed by atoms with Crippen molar-refractivity contribution in [3.63, 3.8) is 0 Å². The number of nitrogens with two attached hydrogens (primary N) is 2. The number of hydrogen-bond acceptors (Lipinski definition) is 21. The van der Waals surface area contributed by atoms with Crippen LogP contribution in [0.15, 0.2) is 71.7 Å². The van der Waals surface area contributed by atoms with E-state index in [2.05, 4.69) is 41.8 Å². The minimum Gasteiger partial charge on any atom is -0.504 e.